The van der Waals surface area contributed by atoms with Crippen LogP contribution in [0.3, 0.4) is 0 Å². The van der Waals surface area contributed by atoms with Gasteiger partial charge in [-0.1, -0.05) is 0 Å². The number of nitrogens with two attached hydrogens (primary N) is 1. The van der Waals surface area contributed by atoms with Gasteiger partial charge < -0.3 is 20.8 Å². The fourth-order valence-corrected chi connectivity index (χ4v) is 1.32. The summed E-state index contributed by atoms with van der Waals surface area (Å²) >= 11 is 0. The van der Waals surface area contributed by atoms with Crippen LogP contribution in [0.5, 0.6) is 0 Å². The van der Waals surface area contributed by atoms with Gasteiger partial charge in [0.05, 0.1) is 12.8 Å². The maximum atomic E-state index is 11.5. The SMILES string of the molecule is Nc1ccc(NC(=O)NCc2ccco2)cc1. The molecular formula is C12H13N3O2. The highest BCUT2D eigenvalue weighted by Crippen LogP contribution is 2.10. The van der Waals surface area contributed by atoms with Crippen molar-refractivity contribution in [3.63, 3.8) is 0 Å². The van der Waals surface area contributed by atoms with E-state index in [-0.39, 0.29) is 6.03 Å². The van der Waals surface area contributed by atoms with Crippen LogP contribution in [0.4, 0.5) is 16.2 Å². The molecule has 88 valence electrons. The molecule has 1 heterocycles. The van der Waals surface area contributed by atoms with Gasteiger partial charge in [-0.25, -0.2) is 4.79 Å². The molecule has 0 bridgehead atoms. The van der Waals surface area contributed by atoms with Crippen molar-refractivity contribution in [3.05, 3.63) is 48.4 Å². The minimum absolute atomic E-state index is 0.286. The number of anilines is 2. The number of rotatable bonds is 3. The molecule has 0 radical (unpaired) electrons. The van der Waals surface area contributed by atoms with Crippen LogP contribution >= 0.6 is 0 Å². The summed E-state index contributed by atoms with van der Waals surface area (Å²) in [5.74, 6) is 0.706. The third-order valence-electron chi connectivity index (χ3n) is 2.17. The van der Waals surface area contributed by atoms with Crippen LogP contribution in [-0.4, -0.2) is 6.03 Å². The van der Waals surface area contributed by atoms with E-state index in [1.54, 1.807) is 42.7 Å². The first-order valence-electron chi connectivity index (χ1n) is 5.17. The monoisotopic (exact) mass is 231 g/mol. The molecule has 17 heavy (non-hydrogen) atoms. The Labute approximate surface area is 98.6 Å². The molecule has 1 aromatic carbocycles. The second kappa shape index (κ2) is 5.07. The van der Waals surface area contributed by atoms with E-state index < -0.39 is 0 Å². The number of urea groups is 1. The van der Waals surface area contributed by atoms with Crippen LogP contribution in [0.2, 0.25) is 0 Å². The molecule has 0 aliphatic carbocycles. The summed E-state index contributed by atoms with van der Waals surface area (Å²) in [7, 11) is 0. The van der Waals surface area contributed by atoms with Gasteiger partial charge in [0, 0.05) is 11.4 Å². The smallest absolute Gasteiger partial charge is 0.319 e. The molecule has 0 saturated heterocycles. The molecule has 2 amide bonds. The molecule has 0 spiro atoms. The van der Waals surface area contributed by atoms with Crippen molar-refractivity contribution in [2.24, 2.45) is 0 Å². The highest BCUT2D eigenvalue weighted by molar-refractivity contribution is 5.89. The average molecular weight is 231 g/mol. The van der Waals surface area contributed by atoms with Crippen LogP contribution in [0.1, 0.15) is 5.76 Å². The highest BCUT2D eigenvalue weighted by atomic mass is 16.3. The van der Waals surface area contributed by atoms with Gasteiger partial charge in [-0.2, -0.15) is 0 Å². The van der Waals surface area contributed by atoms with E-state index in [4.69, 9.17) is 10.2 Å². The summed E-state index contributed by atoms with van der Waals surface area (Å²) in [5, 5.41) is 5.36. The van der Waals surface area contributed by atoms with E-state index in [1.807, 2.05) is 0 Å². The van der Waals surface area contributed by atoms with Gasteiger partial charge in [0.1, 0.15) is 5.76 Å². The number of benzene rings is 1. The van der Waals surface area contributed by atoms with E-state index in [0.717, 1.165) is 0 Å². The van der Waals surface area contributed by atoms with Gasteiger partial charge in [0.15, 0.2) is 0 Å². The molecule has 0 fully saturated rings. The van der Waals surface area contributed by atoms with Crippen molar-refractivity contribution in [1.82, 2.24) is 5.32 Å². The molecule has 0 aliphatic heterocycles. The topological polar surface area (TPSA) is 80.3 Å². The van der Waals surface area contributed by atoms with E-state index in [0.29, 0.717) is 23.7 Å². The van der Waals surface area contributed by atoms with Gasteiger partial charge in [0.2, 0.25) is 0 Å². The normalized spacial score (nSPS) is 9.88. The third kappa shape index (κ3) is 3.27. The van der Waals surface area contributed by atoms with Gasteiger partial charge in [-0.05, 0) is 36.4 Å². The van der Waals surface area contributed by atoms with Crippen molar-refractivity contribution in [2.75, 3.05) is 11.1 Å². The minimum atomic E-state index is -0.286. The molecule has 2 rings (SSSR count). The zero-order chi connectivity index (χ0) is 12.1. The summed E-state index contributed by atoms with van der Waals surface area (Å²) in [6.45, 7) is 0.355. The lowest BCUT2D eigenvalue weighted by Gasteiger charge is -2.06. The Morgan fingerprint density at radius 3 is 2.65 bits per heavy atom. The predicted octanol–water partition coefficient (Wildman–Crippen LogP) is 2.18. The lowest BCUT2D eigenvalue weighted by molar-refractivity contribution is 0.251. The van der Waals surface area contributed by atoms with Crippen molar-refractivity contribution >= 4 is 17.4 Å². The quantitative estimate of drug-likeness (QED) is 0.708. The second-order valence-corrected chi connectivity index (χ2v) is 3.51. The van der Waals surface area contributed by atoms with Gasteiger partial charge >= 0.3 is 6.03 Å². The second-order valence-electron chi connectivity index (χ2n) is 3.51. The van der Waals surface area contributed by atoms with Crippen molar-refractivity contribution in [3.8, 4) is 0 Å². The van der Waals surface area contributed by atoms with Gasteiger partial charge in [0.25, 0.3) is 0 Å². The molecule has 5 nitrogen and oxygen atoms in total. The Kier molecular flexibility index (Phi) is 3.30. The maximum Gasteiger partial charge on any atom is 0.319 e. The zero-order valence-electron chi connectivity index (χ0n) is 9.14. The molecule has 1 aromatic heterocycles. The Balaban J connectivity index is 1.83. The first-order chi connectivity index (χ1) is 8.24. The number of carbonyl (C=O) groups excluding carboxylic acids is 1. The summed E-state index contributed by atoms with van der Waals surface area (Å²) in [6.07, 6.45) is 1.56. The fourth-order valence-electron chi connectivity index (χ4n) is 1.32. The molecule has 5 heteroatoms. The first-order valence-corrected chi connectivity index (χ1v) is 5.17. The van der Waals surface area contributed by atoms with Gasteiger partial charge in [-0.15, -0.1) is 0 Å². The van der Waals surface area contributed by atoms with E-state index in [1.165, 1.54) is 0 Å². The van der Waals surface area contributed by atoms with E-state index in [2.05, 4.69) is 10.6 Å². The maximum absolute atomic E-state index is 11.5. The number of amides is 2. The summed E-state index contributed by atoms with van der Waals surface area (Å²) in [4.78, 5) is 11.5. The number of nitrogens with one attached hydrogen (secondary N) is 2. The fraction of sp³-hybridized carbons (Fsp3) is 0.0833. The van der Waals surface area contributed by atoms with Crippen molar-refractivity contribution < 1.29 is 9.21 Å². The number of hydrogen-bond acceptors (Lipinski definition) is 3. The minimum Gasteiger partial charge on any atom is -0.467 e. The zero-order valence-corrected chi connectivity index (χ0v) is 9.14. The number of nitrogen functional groups attached to an aromatic ring is 1. The molecule has 0 unspecified atom stereocenters. The Bertz CT molecular complexity index is 477. The van der Waals surface area contributed by atoms with E-state index in [9.17, 15) is 4.79 Å². The molecule has 2 aromatic rings. The molecular weight excluding hydrogens is 218 g/mol. The number of furan rings is 1. The summed E-state index contributed by atoms with van der Waals surface area (Å²) in [5.41, 5.74) is 6.89. The Morgan fingerprint density at radius 1 is 1.24 bits per heavy atom. The van der Waals surface area contributed by atoms with Crippen LogP contribution in [0, 0.1) is 0 Å². The molecule has 0 atom stereocenters. The predicted molar refractivity (Wildman–Crippen MR) is 65.4 cm³/mol. The molecule has 0 saturated carbocycles. The van der Waals surface area contributed by atoms with Crippen LogP contribution in [-0.2, 0) is 6.54 Å². The lowest BCUT2D eigenvalue weighted by atomic mass is 10.3. The molecule has 0 aliphatic rings. The highest BCUT2D eigenvalue weighted by Gasteiger charge is 2.02. The third-order valence-corrected chi connectivity index (χ3v) is 2.17. The van der Waals surface area contributed by atoms with E-state index >= 15 is 0 Å². The summed E-state index contributed by atoms with van der Waals surface area (Å²) in [6, 6.07) is 10.2. The number of hydrogen-bond donors (Lipinski definition) is 3. The first kappa shape index (κ1) is 11.1. The Morgan fingerprint density at radius 2 is 2.00 bits per heavy atom. The number of carbonyl (C=O) groups is 1. The Hall–Kier alpha value is -2.43. The summed E-state index contributed by atoms with van der Waals surface area (Å²) < 4.78 is 5.09. The standard InChI is InChI=1S/C12H13N3O2/c13-9-3-5-10(6-4-9)15-12(16)14-8-11-2-1-7-17-11/h1-7H,8,13H2,(H2,14,15,16). The largest absolute Gasteiger partial charge is 0.467 e. The van der Waals surface area contributed by atoms with Crippen molar-refractivity contribution in [2.45, 2.75) is 6.54 Å². The van der Waals surface area contributed by atoms with Gasteiger partial charge in [-0.3, -0.25) is 0 Å². The lowest BCUT2D eigenvalue weighted by Crippen LogP contribution is -2.27. The van der Waals surface area contributed by atoms with Crippen molar-refractivity contribution in [1.29, 1.82) is 0 Å². The average Bonchev–Trinajstić information content (AvgIpc) is 2.83. The van der Waals surface area contributed by atoms with Crippen LogP contribution in [0.25, 0.3) is 0 Å². The molecule has 4 N–H and O–H groups in total. The van der Waals surface area contributed by atoms with Crippen LogP contribution < -0.4 is 16.4 Å². The van der Waals surface area contributed by atoms with Crippen LogP contribution in [0.15, 0.2) is 47.1 Å².